The van der Waals surface area contributed by atoms with Gasteiger partial charge in [-0.2, -0.15) is 0 Å². The quantitative estimate of drug-likeness (QED) is 0.687. The summed E-state index contributed by atoms with van der Waals surface area (Å²) in [6.07, 6.45) is 0.636. The Bertz CT molecular complexity index is 842. The fourth-order valence-electron chi connectivity index (χ4n) is 1.92. The van der Waals surface area contributed by atoms with E-state index in [-0.39, 0.29) is 9.92 Å². The van der Waals surface area contributed by atoms with Crippen molar-refractivity contribution in [3.63, 3.8) is 0 Å². The number of primary sulfonamides is 1. The van der Waals surface area contributed by atoms with E-state index in [0.29, 0.717) is 23.8 Å². The number of rotatable bonds is 5. The van der Waals surface area contributed by atoms with Gasteiger partial charge < -0.3 is 10.6 Å². The van der Waals surface area contributed by atoms with Crippen LogP contribution in [0.15, 0.2) is 47.4 Å². The molecule has 5 nitrogen and oxygen atoms in total. The lowest BCUT2D eigenvalue weighted by molar-refractivity contribution is 0.597. The molecule has 0 saturated carbocycles. The molecule has 0 aliphatic carbocycles. The van der Waals surface area contributed by atoms with Crippen molar-refractivity contribution in [3.8, 4) is 0 Å². The first-order valence-corrected chi connectivity index (χ1v) is 9.20. The minimum atomic E-state index is -3.68. The van der Waals surface area contributed by atoms with Gasteiger partial charge in [0.25, 0.3) is 0 Å². The maximum Gasteiger partial charge on any atom is 0.238 e. The van der Waals surface area contributed by atoms with Crippen LogP contribution in [0.4, 0.5) is 10.1 Å². The maximum atomic E-state index is 13.1. The first-order valence-electron chi connectivity index (χ1n) is 6.87. The summed E-state index contributed by atoms with van der Waals surface area (Å²) in [6.45, 7) is 0.537. The molecule has 0 unspecified atom stereocenters. The van der Waals surface area contributed by atoms with Gasteiger partial charge in [-0.05, 0) is 54.5 Å². The predicted octanol–water partition coefficient (Wildman–Crippen LogP) is 2.66. The van der Waals surface area contributed by atoms with Crippen molar-refractivity contribution >= 4 is 44.6 Å². The average molecular weight is 388 g/mol. The second-order valence-electron chi connectivity index (χ2n) is 4.95. The Morgan fingerprint density at radius 1 is 1.21 bits per heavy atom. The van der Waals surface area contributed by atoms with E-state index in [0.717, 1.165) is 5.56 Å². The number of hydrogen-bond acceptors (Lipinski definition) is 3. The third-order valence-electron chi connectivity index (χ3n) is 3.13. The molecule has 24 heavy (non-hydrogen) atoms. The van der Waals surface area contributed by atoms with Crippen LogP contribution in [0.3, 0.4) is 0 Å². The molecule has 0 radical (unpaired) electrons. The zero-order valence-corrected chi connectivity index (χ0v) is 14.8. The van der Waals surface area contributed by atoms with Gasteiger partial charge in [0.05, 0.1) is 9.92 Å². The molecule has 0 saturated heterocycles. The Balaban J connectivity index is 1.83. The monoisotopic (exact) mass is 387 g/mol. The molecule has 4 N–H and O–H groups in total. The van der Waals surface area contributed by atoms with Crippen LogP contribution in [0, 0.1) is 5.82 Å². The second kappa shape index (κ2) is 7.89. The van der Waals surface area contributed by atoms with Gasteiger partial charge in [-0.25, -0.2) is 17.9 Å². The summed E-state index contributed by atoms with van der Waals surface area (Å²) in [4.78, 5) is 0.0737. The smallest absolute Gasteiger partial charge is 0.238 e. The number of benzene rings is 2. The zero-order chi connectivity index (χ0) is 17.7. The van der Waals surface area contributed by atoms with Gasteiger partial charge in [-0.15, -0.1) is 0 Å². The molecule has 0 bridgehead atoms. The fourth-order valence-corrected chi connectivity index (χ4v) is 2.83. The number of hydrogen-bond donors (Lipinski definition) is 3. The summed E-state index contributed by atoms with van der Waals surface area (Å²) in [6, 6.07) is 10.5. The summed E-state index contributed by atoms with van der Waals surface area (Å²) in [5, 5.41) is 11.3. The van der Waals surface area contributed by atoms with E-state index in [1.807, 2.05) is 0 Å². The number of halogens is 2. The lowest BCUT2D eigenvalue weighted by Gasteiger charge is -2.11. The fraction of sp³-hybridized carbons (Fsp3) is 0.133. The molecular weight excluding hydrogens is 373 g/mol. The maximum absolute atomic E-state index is 13.1. The summed E-state index contributed by atoms with van der Waals surface area (Å²) >= 11 is 10.8. The Morgan fingerprint density at radius 2 is 1.88 bits per heavy atom. The highest BCUT2D eigenvalue weighted by Crippen LogP contribution is 2.19. The van der Waals surface area contributed by atoms with Crippen molar-refractivity contribution in [3.05, 3.63) is 58.9 Å². The van der Waals surface area contributed by atoms with Gasteiger partial charge in [0.1, 0.15) is 5.82 Å². The van der Waals surface area contributed by atoms with Gasteiger partial charge in [-0.3, -0.25) is 0 Å². The standard InChI is InChI=1S/C15H15ClFN3O2S2/c16-13-9-11(3-6-14(13)17)20-15(23)19-8-7-10-1-4-12(5-2-10)24(18,21)22/h1-6,9H,7-8H2,(H2,18,21,22)(H2,19,20,23). The van der Waals surface area contributed by atoms with Crippen LogP contribution in [-0.4, -0.2) is 20.1 Å². The lowest BCUT2D eigenvalue weighted by atomic mass is 10.1. The molecule has 2 aromatic carbocycles. The predicted molar refractivity (Wildman–Crippen MR) is 97.2 cm³/mol. The molecular formula is C15H15ClFN3O2S2. The second-order valence-corrected chi connectivity index (χ2v) is 7.33. The number of nitrogens with two attached hydrogens (primary N) is 1. The third kappa shape index (κ3) is 5.41. The Kier molecular flexibility index (Phi) is 6.11. The van der Waals surface area contributed by atoms with E-state index in [9.17, 15) is 12.8 Å². The molecule has 0 fully saturated rings. The SMILES string of the molecule is NS(=O)(=O)c1ccc(CCNC(=S)Nc2ccc(F)c(Cl)c2)cc1. The van der Waals surface area contributed by atoms with Gasteiger partial charge >= 0.3 is 0 Å². The van der Waals surface area contributed by atoms with Crippen LogP contribution in [0.5, 0.6) is 0 Å². The van der Waals surface area contributed by atoms with Crippen LogP contribution in [-0.2, 0) is 16.4 Å². The molecule has 0 atom stereocenters. The minimum Gasteiger partial charge on any atom is -0.362 e. The van der Waals surface area contributed by atoms with Crippen molar-refractivity contribution in [2.45, 2.75) is 11.3 Å². The Morgan fingerprint density at radius 3 is 2.46 bits per heavy atom. The first kappa shape index (κ1) is 18.6. The van der Waals surface area contributed by atoms with E-state index < -0.39 is 15.8 Å². The largest absolute Gasteiger partial charge is 0.362 e. The molecule has 2 aromatic rings. The van der Waals surface area contributed by atoms with E-state index in [1.54, 1.807) is 12.1 Å². The molecule has 2 rings (SSSR count). The Hall–Kier alpha value is -1.74. The summed E-state index contributed by atoms with van der Waals surface area (Å²) in [5.74, 6) is -0.496. The summed E-state index contributed by atoms with van der Waals surface area (Å²) in [7, 11) is -3.68. The molecule has 0 amide bonds. The van der Waals surface area contributed by atoms with E-state index in [4.69, 9.17) is 29.0 Å². The average Bonchev–Trinajstić information content (AvgIpc) is 2.50. The number of thiocarbonyl (C=S) groups is 1. The van der Waals surface area contributed by atoms with E-state index >= 15 is 0 Å². The van der Waals surface area contributed by atoms with Crippen LogP contribution in [0.2, 0.25) is 5.02 Å². The normalized spacial score (nSPS) is 11.1. The molecule has 0 spiro atoms. The number of nitrogens with one attached hydrogen (secondary N) is 2. The molecule has 9 heteroatoms. The van der Waals surface area contributed by atoms with Crippen LogP contribution in [0.1, 0.15) is 5.56 Å². The van der Waals surface area contributed by atoms with Crippen molar-refractivity contribution < 1.29 is 12.8 Å². The molecule has 0 aromatic heterocycles. The third-order valence-corrected chi connectivity index (χ3v) is 4.59. The minimum absolute atomic E-state index is 0.0118. The van der Waals surface area contributed by atoms with Gasteiger partial charge in [-0.1, -0.05) is 23.7 Å². The molecule has 0 heterocycles. The highest BCUT2D eigenvalue weighted by molar-refractivity contribution is 7.89. The summed E-state index contributed by atoms with van der Waals surface area (Å²) < 4.78 is 35.4. The number of sulfonamides is 1. The van der Waals surface area contributed by atoms with Gasteiger partial charge in [0, 0.05) is 12.2 Å². The van der Waals surface area contributed by atoms with Crippen molar-refractivity contribution in [1.29, 1.82) is 0 Å². The van der Waals surface area contributed by atoms with E-state index in [1.165, 1.54) is 30.3 Å². The first-order chi connectivity index (χ1) is 11.3. The molecule has 0 aliphatic heterocycles. The van der Waals surface area contributed by atoms with Gasteiger partial charge in [0.2, 0.25) is 10.0 Å². The Labute approximate surface area is 150 Å². The van der Waals surface area contributed by atoms with Crippen LogP contribution in [0.25, 0.3) is 0 Å². The highest BCUT2D eigenvalue weighted by Gasteiger charge is 2.07. The van der Waals surface area contributed by atoms with Crippen LogP contribution >= 0.6 is 23.8 Å². The molecule has 128 valence electrons. The van der Waals surface area contributed by atoms with Crippen molar-refractivity contribution in [1.82, 2.24) is 5.32 Å². The van der Waals surface area contributed by atoms with Gasteiger partial charge in [0.15, 0.2) is 5.11 Å². The lowest BCUT2D eigenvalue weighted by Crippen LogP contribution is -2.30. The topological polar surface area (TPSA) is 84.2 Å². The van der Waals surface area contributed by atoms with E-state index in [2.05, 4.69) is 10.6 Å². The molecule has 0 aliphatic rings. The number of anilines is 1. The van der Waals surface area contributed by atoms with Crippen LogP contribution < -0.4 is 15.8 Å². The van der Waals surface area contributed by atoms with Crippen molar-refractivity contribution in [2.75, 3.05) is 11.9 Å². The zero-order valence-electron chi connectivity index (χ0n) is 12.4. The summed E-state index contributed by atoms with van der Waals surface area (Å²) in [5.41, 5.74) is 1.51. The highest BCUT2D eigenvalue weighted by atomic mass is 35.5. The van der Waals surface area contributed by atoms with Crippen molar-refractivity contribution in [2.24, 2.45) is 5.14 Å².